The summed E-state index contributed by atoms with van der Waals surface area (Å²) in [4.78, 5) is 14.3. The second kappa shape index (κ2) is 6.72. The molecule has 1 aliphatic heterocycles. The molecule has 3 aromatic rings. The molecule has 25 heavy (non-hydrogen) atoms. The van der Waals surface area contributed by atoms with Crippen molar-refractivity contribution < 1.29 is 4.79 Å². The minimum absolute atomic E-state index is 0.0965. The summed E-state index contributed by atoms with van der Waals surface area (Å²) in [5.74, 6) is -0.159. The number of anilines is 2. The van der Waals surface area contributed by atoms with Crippen molar-refractivity contribution in [1.29, 1.82) is 0 Å². The highest BCUT2D eigenvalue weighted by Crippen LogP contribution is 2.28. The Morgan fingerprint density at radius 2 is 1.96 bits per heavy atom. The smallest absolute Gasteiger partial charge is 0.246 e. The Kier molecular flexibility index (Phi) is 4.12. The van der Waals surface area contributed by atoms with Crippen molar-refractivity contribution in [3.63, 3.8) is 0 Å². The summed E-state index contributed by atoms with van der Waals surface area (Å²) < 4.78 is 1.38. The number of hydrogen-bond acceptors (Lipinski definition) is 5. The Hall–Kier alpha value is -3.22. The molecule has 7 nitrogen and oxygen atoms in total. The molecule has 0 atom stereocenters. The lowest BCUT2D eigenvalue weighted by Gasteiger charge is -2.19. The van der Waals surface area contributed by atoms with Crippen LogP contribution in [0.5, 0.6) is 0 Å². The molecule has 0 fully saturated rings. The number of carbonyl (C=O) groups is 1. The molecule has 0 aliphatic carbocycles. The number of amides is 1. The van der Waals surface area contributed by atoms with Crippen molar-refractivity contribution in [3.05, 3.63) is 66.0 Å². The molecule has 1 amide bonds. The van der Waals surface area contributed by atoms with E-state index in [2.05, 4.69) is 50.0 Å². The molecule has 0 unspecified atom stereocenters. The highest BCUT2D eigenvalue weighted by Gasteiger charge is 2.18. The van der Waals surface area contributed by atoms with Crippen molar-refractivity contribution in [2.24, 2.45) is 0 Å². The molecule has 0 bridgehead atoms. The Morgan fingerprint density at radius 1 is 1.12 bits per heavy atom. The van der Waals surface area contributed by atoms with Gasteiger partial charge in [-0.3, -0.25) is 4.79 Å². The minimum Gasteiger partial charge on any atom is -0.367 e. The zero-order valence-electron chi connectivity index (χ0n) is 13.7. The first-order chi connectivity index (χ1) is 12.3. The molecule has 0 saturated heterocycles. The topological polar surface area (TPSA) is 75.9 Å². The van der Waals surface area contributed by atoms with E-state index in [9.17, 15) is 4.79 Å². The zero-order valence-corrected chi connectivity index (χ0v) is 13.7. The number of aromatic nitrogens is 4. The Morgan fingerprint density at radius 3 is 2.76 bits per heavy atom. The number of rotatable bonds is 5. The van der Waals surface area contributed by atoms with Crippen LogP contribution in [0.15, 0.2) is 54.9 Å². The Labute approximate surface area is 145 Å². The molecule has 4 rings (SSSR count). The van der Waals surface area contributed by atoms with Crippen LogP contribution in [0.3, 0.4) is 0 Å². The maximum absolute atomic E-state index is 11.9. The molecule has 1 aromatic heterocycles. The SMILES string of the molecule is O=C(Cn1cnnn1)Nc1ccc(CN2CCc3ccccc32)cc1. The monoisotopic (exact) mass is 334 g/mol. The molecule has 1 N–H and O–H groups in total. The molecule has 2 heterocycles. The number of nitrogens with one attached hydrogen (secondary N) is 1. The number of fused-ring (bicyclic) bond motifs is 1. The number of hydrogen-bond donors (Lipinski definition) is 1. The van der Waals surface area contributed by atoms with Gasteiger partial charge in [0.1, 0.15) is 12.9 Å². The number of benzene rings is 2. The quantitative estimate of drug-likeness (QED) is 0.771. The third kappa shape index (κ3) is 3.50. The number of carbonyl (C=O) groups excluding carboxylic acids is 1. The van der Waals surface area contributed by atoms with Gasteiger partial charge in [0.15, 0.2) is 0 Å². The molecule has 7 heteroatoms. The van der Waals surface area contributed by atoms with E-state index in [1.54, 1.807) is 0 Å². The van der Waals surface area contributed by atoms with Crippen LogP contribution in [0.2, 0.25) is 0 Å². The summed E-state index contributed by atoms with van der Waals surface area (Å²) in [6.07, 6.45) is 2.51. The van der Waals surface area contributed by atoms with Gasteiger partial charge in [-0.25, -0.2) is 4.68 Å². The highest BCUT2D eigenvalue weighted by molar-refractivity contribution is 5.90. The van der Waals surface area contributed by atoms with Gasteiger partial charge in [-0.15, -0.1) is 5.10 Å². The summed E-state index contributed by atoms with van der Waals surface area (Å²) in [5, 5.41) is 13.5. The average Bonchev–Trinajstić information content (AvgIpc) is 3.27. The lowest BCUT2D eigenvalue weighted by Crippen LogP contribution is -2.20. The van der Waals surface area contributed by atoms with Crippen LogP contribution in [0.25, 0.3) is 0 Å². The minimum atomic E-state index is -0.159. The average molecular weight is 334 g/mol. The van der Waals surface area contributed by atoms with Crippen molar-refractivity contribution in [1.82, 2.24) is 20.2 Å². The molecular formula is C18H18N6O. The largest absolute Gasteiger partial charge is 0.367 e. The Balaban J connectivity index is 1.37. The van der Waals surface area contributed by atoms with Gasteiger partial charge in [-0.05, 0) is 46.2 Å². The van der Waals surface area contributed by atoms with Crippen LogP contribution in [0.1, 0.15) is 11.1 Å². The molecule has 1 aliphatic rings. The van der Waals surface area contributed by atoms with Crippen molar-refractivity contribution >= 4 is 17.3 Å². The summed E-state index contributed by atoms with van der Waals surface area (Å²) in [5.41, 5.74) is 4.72. The lowest BCUT2D eigenvalue weighted by molar-refractivity contribution is -0.116. The summed E-state index contributed by atoms with van der Waals surface area (Å²) in [7, 11) is 0. The molecule has 2 aromatic carbocycles. The number of nitrogens with zero attached hydrogens (tertiary/aromatic N) is 5. The maximum atomic E-state index is 11.9. The van der Waals surface area contributed by atoms with Gasteiger partial charge in [-0.2, -0.15) is 0 Å². The van der Waals surface area contributed by atoms with E-state index in [1.165, 1.54) is 27.8 Å². The van der Waals surface area contributed by atoms with E-state index >= 15 is 0 Å². The van der Waals surface area contributed by atoms with Crippen LogP contribution in [-0.2, 0) is 24.3 Å². The standard InChI is InChI=1S/C18H18N6O/c25-18(12-24-13-19-21-22-24)20-16-7-5-14(6-8-16)11-23-10-9-15-3-1-2-4-17(15)23/h1-8,13H,9-12H2,(H,20,25). The Bertz CT molecular complexity index is 860. The summed E-state index contributed by atoms with van der Waals surface area (Å²) in [6.45, 7) is 2.01. The van der Waals surface area contributed by atoms with E-state index in [0.717, 1.165) is 25.2 Å². The van der Waals surface area contributed by atoms with Gasteiger partial charge in [0, 0.05) is 24.5 Å². The van der Waals surface area contributed by atoms with E-state index < -0.39 is 0 Å². The van der Waals surface area contributed by atoms with Crippen LogP contribution in [-0.4, -0.2) is 32.7 Å². The normalized spacial score (nSPS) is 12.9. The second-order valence-electron chi connectivity index (χ2n) is 6.05. The fraction of sp³-hybridized carbons (Fsp3) is 0.222. The van der Waals surface area contributed by atoms with Crippen molar-refractivity contribution in [3.8, 4) is 0 Å². The van der Waals surface area contributed by atoms with Crippen LogP contribution in [0.4, 0.5) is 11.4 Å². The van der Waals surface area contributed by atoms with Gasteiger partial charge in [0.05, 0.1) is 0 Å². The fourth-order valence-electron chi connectivity index (χ4n) is 3.09. The molecular weight excluding hydrogens is 316 g/mol. The predicted molar refractivity (Wildman–Crippen MR) is 94.1 cm³/mol. The molecule has 0 spiro atoms. The highest BCUT2D eigenvalue weighted by atomic mass is 16.2. The second-order valence-corrected chi connectivity index (χ2v) is 6.05. The van der Waals surface area contributed by atoms with Crippen molar-refractivity contribution in [2.75, 3.05) is 16.8 Å². The third-order valence-corrected chi connectivity index (χ3v) is 4.29. The first kappa shape index (κ1) is 15.3. The van der Waals surface area contributed by atoms with Crippen molar-refractivity contribution in [2.45, 2.75) is 19.5 Å². The van der Waals surface area contributed by atoms with E-state index in [1.807, 2.05) is 24.3 Å². The molecule has 0 saturated carbocycles. The van der Waals surface area contributed by atoms with Gasteiger partial charge >= 0.3 is 0 Å². The van der Waals surface area contributed by atoms with E-state index in [4.69, 9.17) is 0 Å². The maximum Gasteiger partial charge on any atom is 0.246 e. The third-order valence-electron chi connectivity index (χ3n) is 4.29. The predicted octanol–water partition coefficient (Wildman–Crippen LogP) is 1.87. The first-order valence-electron chi connectivity index (χ1n) is 8.20. The van der Waals surface area contributed by atoms with Gasteiger partial charge in [0.25, 0.3) is 0 Å². The van der Waals surface area contributed by atoms with Gasteiger partial charge < -0.3 is 10.2 Å². The summed E-state index contributed by atoms with van der Waals surface area (Å²) >= 11 is 0. The zero-order chi connectivity index (χ0) is 17.1. The fourth-order valence-corrected chi connectivity index (χ4v) is 3.09. The van der Waals surface area contributed by atoms with Crippen LogP contribution >= 0.6 is 0 Å². The van der Waals surface area contributed by atoms with E-state index in [0.29, 0.717) is 0 Å². The molecule has 0 radical (unpaired) electrons. The number of tetrazole rings is 1. The van der Waals surface area contributed by atoms with Crippen LogP contribution < -0.4 is 10.2 Å². The number of para-hydroxylation sites is 1. The van der Waals surface area contributed by atoms with E-state index in [-0.39, 0.29) is 12.5 Å². The molecule has 126 valence electrons. The van der Waals surface area contributed by atoms with Crippen LogP contribution in [0, 0.1) is 0 Å². The lowest BCUT2D eigenvalue weighted by atomic mass is 10.1. The first-order valence-corrected chi connectivity index (χ1v) is 8.20. The van der Waals surface area contributed by atoms with Gasteiger partial charge in [-0.1, -0.05) is 30.3 Å². The summed E-state index contributed by atoms with van der Waals surface area (Å²) in [6, 6.07) is 16.5. The van der Waals surface area contributed by atoms with Gasteiger partial charge in [0.2, 0.25) is 5.91 Å².